The molecule has 23 heavy (non-hydrogen) atoms. The maximum atomic E-state index is 12.7. The van der Waals surface area contributed by atoms with Gasteiger partial charge >= 0.3 is 0 Å². The molecule has 1 amide bonds. The zero-order chi connectivity index (χ0) is 17.3. The molecule has 2 aromatic rings. The summed E-state index contributed by atoms with van der Waals surface area (Å²) in [4.78, 5) is 14.3. The van der Waals surface area contributed by atoms with Gasteiger partial charge in [-0.15, -0.1) is 0 Å². The van der Waals surface area contributed by atoms with Gasteiger partial charge in [0.2, 0.25) is 0 Å². The van der Waals surface area contributed by atoms with Crippen molar-refractivity contribution in [2.45, 2.75) is 40.7 Å². The summed E-state index contributed by atoms with van der Waals surface area (Å²) >= 11 is 0. The average Bonchev–Trinajstić information content (AvgIpc) is 2.78. The third-order valence-electron chi connectivity index (χ3n) is 4.37. The molecule has 1 heterocycles. The minimum Gasteiger partial charge on any atom is -0.394 e. The van der Waals surface area contributed by atoms with E-state index in [1.807, 2.05) is 26.8 Å². The Bertz CT molecular complexity index is 711. The molecule has 1 aromatic carbocycles. The van der Waals surface area contributed by atoms with Crippen LogP contribution in [0.3, 0.4) is 0 Å². The molecular weight excluding hydrogens is 288 g/mol. The number of aliphatic hydroxyl groups excluding tert-OH is 1. The summed E-state index contributed by atoms with van der Waals surface area (Å²) in [5.41, 5.74) is 6.12. The Kier molecular flexibility index (Phi) is 4.95. The molecular formula is C19H26N2O2. The molecule has 2 rings (SSSR count). The monoisotopic (exact) mass is 314 g/mol. The zero-order valence-corrected chi connectivity index (χ0v) is 14.8. The van der Waals surface area contributed by atoms with Gasteiger partial charge in [0.1, 0.15) is 0 Å². The van der Waals surface area contributed by atoms with Crippen LogP contribution in [0.1, 0.15) is 39.8 Å². The quantitative estimate of drug-likeness (QED) is 0.942. The first kappa shape index (κ1) is 17.3. The average molecular weight is 314 g/mol. The highest BCUT2D eigenvalue weighted by molar-refractivity contribution is 5.96. The number of amides is 1. The van der Waals surface area contributed by atoms with Crippen molar-refractivity contribution in [3.8, 4) is 5.69 Å². The van der Waals surface area contributed by atoms with Crippen molar-refractivity contribution in [2.75, 3.05) is 13.7 Å². The van der Waals surface area contributed by atoms with E-state index in [1.54, 1.807) is 11.9 Å². The molecule has 0 saturated carbocycles. The van der Waals surface area contributed by atoms with Crippen LogP contribution in [-0.2, 0) is 0 Å². The molecule has 124 valence electrons. The largest absolute Gasteiger partial charge is 0.394 e. The van der Waals surface area contributed by atoms with Gasteiger partial charge in [0.25, 0.3) is 5.91 Å². The van der Waals surface area contributed by atoms with E-state index in [0.717, 1.165) is 17.1 Å². The summed E-state index contributed by atoms with van der Waals surface area (Å²) in [6.45, 7) is 9.92. The third-order valence-corrected chi connectivity index (χ3v) is 4.37. The Labute approximate surface area is 138 Å². The number of carbonyl (C=O) groups is 1. The number of aromatic nitrogens is 1. The van der Waals surface area contributed by atoms with E-state index in [1.165, 1.54) is 11.1 Å². The van der Waals surface area contributed by atoms with Crippen molar-refractivity contribution in [1.29, 1.82) is 0 Å². The second kappa shape index (κ2) is 6.59. The first-order valence-corrected chi connectivity index (χ1v) is 7.92. The molecule has 0 fully saturated rings. The van der Waals surface area contributed by atoms with E-state index in [2.05, 4.69) is 36.6 Å². The standard InChI is InChI=1S/C19H26N2O2/c1-12-7-13(2)9-17(8-12)21-14(3)10-18(16(21)5)19(23)20(6)15(4)11-22/h7-10,15,22H,11H2,1-6H3/t15-/m1/s1. The summed E-state index contributed by atoms with van der Waals surface area (Å²) in [7, 11) is 1.73. The summed E-state index contributed by atoms with van der Waals surface area (Å²) in [5, 5.41) is 9.27. The van der Waals surface area contributed by atoms with Crippen LogP contribution in [0.4, 0.5) is 0 Å². The van der Waals surface area contributed by atoms with Crippen LogP contribution in [-0.4, -0.2) is 40.2 Å². The predicted octanol–water partition coefficient (Wildman–Crippen LogP) is 3.16. The van der Waals surface area contributed by atoms with E-state index < -0.39 is 0 Å². The Morgan fingerprint density at radius 2 is 1.70 bits per heavy atom. The lowest BCUT2D eigenvalue weighted by Crippen LogP contribution is -2.37. The number of aliphatic hydroxyl groups is 1. The van der Waals surface area contributed by atoms with Gasteiger partial charge in [-0.2, -0.15) is 0 Å². The molecule has 0 saturated heterocycles. The van der Waals surface area contributed by atoms with Gasteiger partial charge in [0.05, 0.1) is 18.2 Å². The molecule has 0 unspecified atom stereocenters. The minimum absolute atomic E-state index is 0.0436. The van der Waals surface area contributed by atoms with E-state index in [0.29, 0.717) is 5.56 Å². The summed E-state index contributed by atoms with van der Waals surface area (Å²) in [6, 6.07) is 8.12. The van der Waals surface area contributed by atoms with E-state index in [-0.39, 0.29) is 18.6 Å². The fourth-order valence-corrected chi connectivity index (χ4v) is 2.97. The second-order valence-corrected chi connectivity index (χ2v) is 6.41. The summed E-state index contributed by atoms with van der Waals surface area (Å²) in [6.07, 6.45) is 0. The highest BCUT2D eigenvalue weighted by atomic mass is 16.3. The van der Waals surface area contributed by atoms with Crippen LogP contribution in [0, 0.1) is 27.7 Å². The minimum atomic E-state index is -0.202. The van der Waals surface area contributed by atoms with Crippen molar-refractivity contribution in [1.82, 2.24) is 9.47 Å². The molecule has 0 aliphatic heterocycles. The highest BCUT2D eigenvalue weighted by Gasteiger charge is 2.22. The van der Waals surface area contributed by atoms with Crippen LogP contribution in [0.15, 0.2) is 24.3 Å². The fourth-order valence-electron chi connectivity index (χ4n) is 2.97. The molecule has 0 aliphatic rings. The van der Waals surface area contributed by atoms with Gasteiger partial charge < -0.3 is 14.6 Å². The van der Waals surface area contributed by atoms with Crippen molar-refractivity contribution in [3.05, 3.63) is 52.3 Å². The summed E-state index contributed by atoms with van der Waals surface area (Å²) in [5.74, 6) is -0.0599. The molecule has 0 aliphatic carbocycles. The molecule has 1 N–H and O–H groups in total. The van der Waals surface area contributed by atoms with Crippen LogP contribution in [0.5, 0.6) is 0 Å². The highest BCUT2D eigenvalue weighted by Crippen LogP contribution is 2.24. The fraction of sp³-hybridized carbons (Fsp3) is 0.421. The molecule has 0 bridgehead atoms. The van der Waals surface area contributed by atoms with Gasteiger partial charge in [-0.3, -0.25) is 4.79 Å². The molecule has 1 aromatic heterocycles. The van der Waals surface area contributed by atoms with Crippen LogP contribution < -0.4 is 0 Å². The van der Waals surface area contributed by atoms with Crippen molar-refractivity contribution < 1.29 is 9.90 Å². The first-order chi connectivity index (χ1) is 10.8. The van der Waals surface area contributed by atoms with E-state index in [9.17, 15) is 9.90 Å². The molecule has 0 spiro atoms. The lowest BCUT2D eigenvalue weighted by atomic mass is 10.1. The number of hydrogen-bond acceptors (Lipinski definition) is 2. The van der Waals surface area contributed by atoms with Crippen molar-refractivity contribution in [2.24, 2.45) is 0 Å². The maximum absolute atomic E-state index is 12.7. The van der Waals surface area contributed by atoms with Gasteiger partial charge in [0, 0.05) is 24.1 Å². The number of aryl methyl sites for hydroxylation is 3. The van der Waals surface area contributed by atoms with Crippen LogP contribution >= 0.6 is 0 Å². The summed E-state index contributed by atoms with van der Waals surface area (Å²) < 4.78 is 2.12. The maximum Gasteiger partial charge on any atom is 0.255 e. The van der Waals surface area contributed by atoms with Gasteiger partial charge in [-0.25, -0.2) is 0 Å². The smallest absolute Gasteiger partial charge is 0.255 e. The lowest BCUT2D eigenvalue weighted by Gasteiger charge is -2.23. The second-order valence-electron chi connectivity index (χ2n) is 6.41. The Morgan fingerprint density at radius 3 is 2.22 bits per heavy atom. The Morgan fingerprint density at radius 1 is 1.13 bits per heavy atom. The van der Waals surface area contributed by atoms with Crippen molar-refractivity contribution in [3.63, 3.8) is 0 Å². The number of hydrogen-bond donors (Lipinski definition) is 1. The van der Waals surface area contributed by atoms with Crippen LogP contribution in [0.2, 0.25) is 0 Å². The molecule has 4 heteroatoms. The van der Waals surface area contributed by atoms with Gasteiger partial charge in [-0.1, -0.05) is 6.07 Å². The Balaban J connectivity index is 2.50. The number of likely N-dealkylation sites (N-methyl/N-ethyl adjacent to an activating group) is 1. The first-order valence-electron chi connectivity index (χ1n) is 7.92. The number of nitrogens with zero attached hydrogens (tertiary/aromatic N) is 2. The Hall–Kier alpha value is -2.07. The SMILES string of the molecule is Cc1cc(C)cc(-n2c(C)cc(C(=O)N(C)[C@H](C)CO)c2C)c1. The van der Waals surface area contributed by atoms with Gasteiger partial charge in [-0.05, 0) is 63.9 Å². The topological polar surface area (TPSA) is 45.5 Å². The van der Waals surface area contributed by atoms with E-state index in [4.69, 9.17) is 0 Å². The molecule has 1 atom stereocenters. The molecule has 4 nitrogen and oxygen atoms in total. The normalized spacial score (nSPS) is 12.3. The third kappa shape index (κ3) is 3.32. The van der Waals surface area contributed by atoms with E-state index >= 15 is 0 Å². The lowest BCUT2D eigenvalue weighted by molar-refractivity contribution is 0.0681. The molecule has 0 radical (unpaired) electrons. The number of benzene rings is 1. The van der Waals surface area contributed by atoms with Gasteiger partial charge in [0.15, 0.2) is 0 Å². The predicted molar refractivity (Wildman–Crippen MR) is 93.4 cm³/mol. The zero-order valence-electron chi connectivity index (χ0n) is 14.8. The number of rotatable bonds is 4. The van der Waals surface area contributed by atoms with Crippen molar-refractivity contribution >= 4 is 5.91 Å². The number of carbonyl (C=O) groups excluding carboxylic acids is 1. The van der Waals surface area contributed by atoms with Crippen LogP contribution in [0.25, 0.3) is 5.69 Å².